The number of rotatable bonds is 8. The lowest BCUT2D eigenvalue weighted by Crippen LogP contribution is -2.26. The van der Waals surface area contributed by atoms with Gasteiger partial charge in [0, 0.05) is 6.54 Å². The molecule has 2 rings (SSSR count). The monoisotopic (exact) mass is 339 g/mol. The van der Waals surface area contributed by atoms with Crippen LogP contribution in [0, 0.1) is 6.92 Å². The summed E-state index contributed by atoms with van der Waals surface area (Å²) < 4.78 is 30.0. The largest absolute Gasteiger partial charge is 0.435 e. The minimum Gasteiger partial charge on any atom is -0.435 e. The van der Waals surface area contributed by atoms with Crippen molar-refractivity contribution in [2.24, 2.45) is 5.73 Å². The number of hydrogen-bond donors (Lipinski definition) is 2. The Morgan fingerprint density at radius 3 is 2.67 bits per heavy atom. The minimum atomic E-state index is -2.88. The van der Waals surface area contributed by atoms with Crippen molar-refractivity contribution in [2.45, 2.75) is 26.4 Å². The van der Waals surface area contributed by atoms with Gasteiger partial charge in [-0.05, 0) is 50.6 Å². The van der Waals surface area contributed by atoms with Crippen LogP contribution in [0.1, 0.15) is 29.0 Å². The summed E-state index contributed by atoms with van der Waals surface area (Å²) in [5.41, 5.74) is 6.75. The van der Waals surface area contributed by atoms with Crippen LogP contribution in [0.5, 0.6) is 5.75 Å². The molecule has 3 N–H and O–H groups in total. The molecule has 1 heterocycles. The summed E-state index contributed by atoms with van der Waals surface area (Å²) >= 11 is 0. The maximum Gasteiger partial charge on any atom is 0.387 e. The van der Waals surface area contributed by atoms with Crippen molar-refractivity contribution >= 4 is 5.91 Å². The van der Waals surface area contributed by atoms with Gasteiger partial charge >= 0.3 is 6.61 Å². The molecule has 0 unspecified atom stereocenters. The lowest BCUT2D eigenvalue weighted by molar-refractivity contribution is -0.0498. The van der Waals surface area contributed by atoms with Gasteiger partial charge in [-0.3, -0.25) is 4.79 Å². The highest BCUT2D eigenvalue weighted by Crippen LogP contribution is 2.18. The van der Waals surface area contributed by atoms with E-state index in [0.29, 0.717) is 24.5 Å². The molecule has 0 saturated heterocycles. The Morgan fingerprint density at radius 2 is 2.04 bits per heavy atom. The highest BCUT2D eigenvalue weighted by Gasteiger charge is 2.17. The molecular formula is C15H19F2N5O2. The molecule has 0 atom stereocenters. The summed E-state index contributed by atoms with van der Waals surface area (Å²) in [7, 11) is 0. The number of benzene rings is 1. The fourth-order valence-electron chi connectivity index (χ4n) is 2.11. The number of carbonyl (C=O) groups excluding carboxylic acids is 1. The molecule has 130 valence electrons. The van der Waals surface area contributed by atoms with Gasteiger partial charge in [0.05, 0.1) is 11.4 Å². The second kappa shape index (κ2) is 8.34. The summed E-state index contributed by atoms with van der Waals surface area (Å²) in [6.07, 6.45) is 1.63. The van der Waals surface area contributed by atoms with Crippen LogP contribution < -0.4 is 15.8 Å². The molecule has 0 bridgehead atoms. The Bertz CT molecular complexity index is 673. The zero-order chi connectivity index (χ0) is 17.5. The highest BCUT2D eigenvalue weighted by atomic mass is 19.3. The summed E-state index contributed by atoms with van der Waals surface area (Å²) in [6, 6.07) is 5.91. The first kappa shape index (κ1) is 17.8. The molecule has 0 radical (unpaired) electrons. The van der Waals surface area contributed by atoms with Crippen LogP contribution in [-0.2, 0) is 0 Å². The van der Waals surface area contributed by atoms with Gasteiger partial charge in [0.2, 0.25) is 0 Å². The maximum absolute atomic E-state index is 12.1. The molecule has 0 aliphatic rings. The topological polar surface area (TPSA) is 95.1 Å². The SMILES string of the molecule is Cc1c(C(=O)NCCCCN)nnn1-c1ccc(OC(F)F)cc1. The van der Waals surface area contributed by atoms with Gasteiger partial charge in [-0.15, -0.1) is 5.10 Å². The number of amides is 1. The van der Waals surface area contributed by atoms with Crippen molar-refractivity contribution in [3.05, 3.63) is 35.7 Å². The number of carbonyl (C=O) groups is 1. The Labute approximate surface area is 137 Å². The third-order valence-electron chi connectivity index (χ3n) is 3.33. The van der Waals surface area contributed by atoms with Crippen LogP contribution in [0.4, 0.5) is 8.78 Å². The minimum absolute atomic E-state index is 0.0457. The lowest BCUT2D eigenvalue weighted by atomic mass is 10.2. The molecule has 0 saturated carbocycles. The number of ether oxygens (including phenoxy) is 1. The Hall–Kier alpha value is -2.55. The van der Waals surface area contributed by atoms with E-state index < -0.39 is 6.61 Å². The van der Waals surface area contributed by atoms with E-state index in [1.54, 1.807) is 19.1 Å². The zero-order valence-corrected chi connectivity index (χ0v) is 13.2. The van der Waals surface area contributed by atoms with Gasteiger partial charge in [-0.2, -0.15) is 8.78 Å². The van der Waals surface area contributed by atoms with E-state index in [2.05, 4.69) is 20.4 Å². The number of nitrogens with zero attached hydrogens (tertiary/aromatic N) is 3. The molecule has 0 aliphatic heterocycles. The number of nitrogens with two attached hydrogens (primary N) is 1. The summed E-state index contributed by atoms with van der Waals surface area (Å²) in [4.78, 5) is 12.1. The fourth-order valence-corrected chi connectivity index (χ4v) is 2.11. The van der Waals surface area contributed by atoms with Gasteiger partial charge in [-0.1, -0.05) is 5.21 Å². The number of unbranched alkanes of at least 4 members (excludes halogenated alkanes) is 1. The third kappa shape index (κ3) is 4.48. The smallest absolute Gasteiger partial charge is 0.387 e. The van der Waals surface area contributed by atoms with Gasteiger partial charge < -0.3 is 15.8 Å². The van der Waals surface area contributed by atoms with Gasteiger partial charge in [0.25, 0.3) is 5.91 Å². The zero-order valence-electron chi connectivity index (χ0n) is 13.2. The summed E-state index contributed by atoms with van der Waals surface area (Å²) in [6.45, 7) is -0.0741. The number of halogens is 2. The molecule has 0 spiro atoms. The quantitative estimate of drug-likeness (QED) is 0.713. The van der Waals surface area contributed by atoms with Crippen LogP contribution in [0.25, 0.3) is 5.69 Å². The van der Waals surface area contributed by atoms with Crippen LogP contribution in [0.15, 0.2) is 24.3 Å². The van der Waals surface area contributed by atoms with E-state index in [4.69, 9.17) is 5.73 Å². The van der Waals surface area contributed by atoms with Gasteiger partial charge in [0.1, 0.15) is 5.75 Å². The lowest BCUT2D eigenvalue weighted by Gasteiger charge is -2.07. The molecule has 1 aromatic carbocycles. The third-order valence-corrected chi connectivity index (χ3v) is 3.33. The normalized spacial score (nSPS) is 10.9. The molecule has 7 nitrogen and oxygen atoms in total. The van der Waals surface area contributed by atoms with E-state index in [1.807, 2.05) is 0 Å². The van der Waals surface area contributed by atoms with E-state index in [9.17, 15) is 13.6 Å². The molecular weight excluding hydrogens is 320 g/mol. The van der Waals surface area contributed by atoms with Gasteiger partial charge in [-0.25, -0.2) is 4.68 Å². The molecule has 1 amide bonds. The van der Waals surface area contributed by atoms with Crippen molar-refractivity contribution < 1.29 is 18.3 Å². The molecule has 0 fully saturated rings. The van der Waals surface area contributed by atoms with Crippen molar-refractivity contribution in [1.82, 2.24) is 20.3 Å². The fraction of sp³-hybridized carbons (Fsp3) is 0.400. The van der Waals surface area contributed by atoms with Crippen LogP contribution in [0.2, 0.25) is 0 Å². The summed E-state index contributed by atoms with van der Waals surface area (Å²) in [5, 5.41) is 10.6. The average molecular weight is 339 g/mol. The van der Waals surface area contributed by atoms with Crippen molar-refractivity contribution in [2.75, 3.05) is 13.1 Å². The Balaban J connectivity index is 2.07. The van der Waals surface area contributed by atoms with E-state index >= 15 is 0 Å². The van der Waals surface area contributed by atoms with Crippen LogP contribution >= 0.6 is 0 Å². The van der Waals surface area contributed by atoms with Crippen molar-refractivity contribution in [3.63, 3.8) is 0 Å². The predicted octanol–water partition coefficient (Wildman–Crippen LogP) is 1.65. The molecule has 2 aromatic rings. The maximum atomic E-state index is 12.1. The molecule has 0 aliphatic carbocycles. The first-order chi connectivity index (χ1) is 11.5. The second-order valence-corrected chi connectivity index (χ2v) is 5.06. The highest BCUT2D eigenvalue weighted by molar-refractivity contribution is 5.93. The number of nitrogens with one attached hydrogen (secondary N) is 1. The number of aromatic nitrogens is 3. The Kier molecular flexibility index (Phi) is 6.19. The second-order valence-electron chi connectivity index (χ2n) is 5.06. The summed E-state index contributed by atoms with van der Waals surface area (Å²) in [5.74, 6) is -0.266. The van der Waals surface area contributed by atoms with Crippen molar-refractivity contribution in [1.29, 1.82) is 0 Å². The van der Waals surface area contributed by atoms with Crippen molar-refractivity contribution in [3.8, 4) is 11.4 Å². The number of alkyl halides is 2. The van der Waals surface area contributed by atoms with Gasteiger partial charge in [0.15, 0.2) is 5.69 Å². The van der Waals surface area contributed by atoms with Crippen LogP contribution in [-0.4, -0.2) is 40.6 Å². The molecule has 1 aromatic heterocycles. The first-order valence-electron chi connectivity index (χ1n) is 7.48. The standard InChI is InChI=1S/C15H19F2N5O2/c1-10-13(14(23)19-9-3-2-8-18)20-21-22(10)11-4-6-12(7-5-11)24-15(16)17/h4-7,15H,2-3,8-9,18H2,1H3,(H,19,23). The molecule has 9 heteroatoms. The predicted molar refractivity (Wildman–Crippen MR) is 83.3 cm³/mol. The van der Waals surface area contributed by atoms with E-state index in [1.165, 1.54) is 16.8 Å². The molecule has 24 heavy (non-hydrogen) atoms. The van der Waals surface area contributed by atoms with E-state index in [-0.39, 0.29) is 17.4 Å². The number of hydrogen-bond acceptors (Lipinski definition) is 5. The van der Waals surface area contributed by atoms with Crippen LogP contribution in [0.3, 0.4) is 0 Å². The first-order valence-corrected chi connectivity index (χ1v) is 7.48. The van der Waals surface area contributed by atoms with E-state index in [0.717, 1.165) is 12.8 Å². The average Bonchev–Trinajstić information content (AvgIpc) is 2.93. The Morgan fingerprint density at radius 1 is 1.33 bits per heavy atom.